The van der Waals surface area contributed by atoms with Crippen molar-refractivity contribution in [3.63, 3.8) is 0 Å². The summed E-state index contributed by atoms with van der Waals surface area (Å²) in [5.41, 5.74) is -0.864. The van der Waals surface area contributed by atoms with E-state index in [0.717, 1.165) is 18.0 Å². The van der Waals surface area contributed by atoms with Crippen LogP contribution < -0.4 is 0 Å². The highest BCUT2D eigenvalue weighted by molar-refractivity contribution is 5.92. The third kappa shape index (κ3) is 10.7. The molecule has 0 heterocycles. The van der Waals surface area contributed by atoms with Crippen molar-refractivity contribution < 1.29 is 35.5 Å². The molecule has 220 valence electrons. The second kappa shape index (κ2) is 14.4. The van der Waals surface area contributed by atoms with Crippen LogP contribution in [0.1, 0.15) is 73.6 Å². The number of allylic oxidation sites excluding steroid dienone is 2. The monoisotopic (exact) mass is 574 g/mol. The molecule has 0 bridgehead atoms. The number of ketones is 1. The molecule has 0 spiro atoms. The van der Waals surface area contributed by atoms with E-state index < -0.39 is 35.6 Å². The lowest BCUT2D eigenvalue weighted by molar-refractivity contribution is -0.143. The Morgan fingerprint density at radius 2 is 1.48 bits per heavy atom. The number of hydrogen-bond acceptors (Lipinski definition) is 4. The van der Waals surface area contributed by atoms with Crippen molar-refractivity contribution in [1.82, 2.24) is 4.90 Å². The summed E-state index contributed by atoms with van der Waals surface area (Å²) < 4.78 is 86.5. The van der Waals surface area contributed by atoms with Crippen LogP contribution >= 0.6 is 0 Å². The molecule has 11 heteroatoms. The van der Waals surface area contributed by atoms with E-state index in [1.54, 1.807) is 18.2 Å². The average Bonchev–Trinajstić information content (AvgIpc) is 3.31. The number of nitroso groups, excluding NO2 is 1. The maximum absolute atomic E-state index is 12.7. The van der Waals surface area contributed by atoms with Gasteiger partial charge in [-0.1, -0.05) is 37.1 Å². The molecule has 0 amide bonds. The standard InChI is InChI=1S/C13H17F.C9H5F6NO.C7H11NO/c1-10-3-2-4-12(9-10)11-5-7-13(14)8-6-11;10-8(11,12)6-1-5(4-16-17)2-7(3-6)9(13,14)15;1-8(2)6-3-4-7(9)5-6/h5-8,10,12H,2-4,9H2,1H3;1-3H,4H2;5H,3-4H2,1-2H3/t10?,12-;;/m1../s1. The lowest BCUT2D eigenvalue weighted by Gasteiger charge is -2.26. The van der Waals surface area contributed by atoms with E-state index in [4.69, 9.17) is 0 Å². The fourth-order valence-corrected chi connectivity index (χ4v) is 4.59. The van der Waals surface area contributed by atoms with Crippen LogP contribution in [0.2, 0.25) is 0 Å². The minimum atomic E-state index is -4.90. The minimum absolute atomic E-state index is 0.00565. The van der Waals surface area contributed by atoms with Crippen molar-refractivity contribution in [3.05, 3.63) is 87.2 Å². The highest BCUT2D eigenvalue weighted by Gasteiger charge is 2.36. The third-order valence-corrected chi connectivity index (χ3v) is 6.70. The van der Waals surface area contributed by atoms with Crippen LogP contribution in [0.15, 0.2) is 59.4 Å². The minimum Gasteiger partial charge on any atom is -0.381 e. The van der Waals surface area contributed by atoms with Crippen molar-refractivity contribution in [2.24, 2.45) is 11.1 Å². The van der Waals surface area contributed by atoms with Crippen LogP contribution in [0.3, 0.4) is 0 Å². The Labute approximate surface area is 229 Å². The number of carbonyl (C=O) groups is 1. The van der Waals surface area contributed by atoms with Gasteiger partial charge in [0.25, 0.3) is 0 Å². The summed E-state index contributed by atoms with van der Waals surface area (Å²) in [6.07, 6.45) is -1.24. The third-order valence-electron chi connectivity index (χ3n) is 6.70. The summed E-state index contributed by atoms with van der Waals surface area (Å²) in [7, 11) is 3.93. The van der Waals surface area contributed by atoms with Gasteiger partial charge < -0.3 is 4.90 Å². The van der Waals surface area contributed by atoms with Crippen LogP contribution in [0.5, 0.6) is 0 Å². The molecule has 40 heavy (non-hydrogen) atoms. The summed E-state index contributed by atoms with van der Waals surface area (Å²) in [6, 6.07) is 7.97. The van der Waals surface area contributed by atoms with Gasteiger partial charge in [-0.25, -0.2) is 4.39 Å². The summed E-state index contributed by atoms with van der Waals surface area (Å²) in [4.78, 5) is 22.5. The smallest absolute Gasteiger partial charge is 0.381 e. The molecule has 2 aliphatic rings. The number of alkyl halides is 6. The van der Waals surface area contributed by atoms with Crippen molar-refractivity contribution in [3.8, 4) is 0 Å². The average molecular weight is 575 g/mol. The maximum Gasteiger partial charge on any atom is 0.416 e. The van der Waals surface area contributed by atoms with E-state index in [1.807, 2.05) is 31.1 Å². The van der Waals surface area contributed by atoms with Crippen LogP contribution in [0, 0.1) is 16.6 Å². The normalized spacial score (nSPS) is 19.1. The van der Waals surface area contributed by atoms with E-state index in [-0.39, 0.29) is 17.7 Å². The van der Waals surface area contributed by atoms with Crippen molar-refractivity contribution in [2.45, 2.75) is 70.3 Å². The molecule has 0 radical (unpaired) electrons. The molecular weight excluding hydrogens is 541 g/mol. The molecule has 1 saturated carbocycles. The van der Waals surface area contributed by atoms with Gasteiger partial charge in [0.2, 0.25) is 0 Å². The van der Waals surface area contributed by atoms with E-state index in [2.05, 4.69) is 12.1 Å². The predicted octanol–water partition coefficient (Wildman–Crippen LogP) is 8.90. The van der Waals surface area contributed by atoms with E-state index in [1.165, 1.54) is 31.2 Å². The topological polar surface area (TPSA) is 49.7 Å². The van der Waals surface area contributed by atoms with Gasteiger partial charge >= 0.3 is 12.4 Å². The number of halogens is 7. The predicted molar refractivity (Wildman–Crippen MR) is 139 cm³/mol. The molecule has 1 unspecified atom stereocenters. The number of hydrogen-bond donors (Lipinski definition) is 0. The second-order valence-corrected chi connectivity index (χ2v) is 10.2. The number of benzene rings is 2. The zero-order chi connectivity index (χ0) is 30.1. The van der Waals surface area contributed by atoms with Gasteiger partial charge in [0.15, 0.2) is 5.78 Å². The zero-order valence-corrected chi connectivity index (χ0v) is 22.6. The quantitative estimate of drug-likeness (QED) is 0.271. The fraction of sp³-hybridized carbons (Fsp3) is 0.483. The molecule has 0 aliphatic heterocycles. The van der Waals surface area contributed by atoms with Crippen LogP contribution in [-0.2, 0) is 23.7 Å². The zero-order valence-electron chi connectivity index (χ0n) is 22.6. The lowest BCUT2D eigenvalue weighted by atomic mass is 9.79. The first kappa shape index (κ1) is 33.0. The van der Waals surface area contributed by atoms with Gasteiger partial charge in [0.05, 0.1) is 11.1 Å². The fourth-order valence-electron chi connectivity index (χ4n) is 4.59. The Kier molecular flexibility index (Phi) is 11.9. The van der Waals surface area contributed by atoms with Gasteiger partial charge in [-0.3, -0.25) is 4.79 Å². The summed E-state index contributed by atoms with van der Waals surface area (Å²) in [5.74, 6) is 1.63. The molecule has 0 N–H and O–H groups in total. The number of nitrogens with zero attached hydrogens (tertiary/aromatic N) is 2. The van der Waals surface area contributed by atoms with Crippen LogP contribution in [0.25, 0.3) is 0 Å². The Balaban J connectivity index is 0.000000220. The van der Waals surface area contributed by atoms with E-state index in [9.17, 15) is 40.4 Å². The highest BCUT2D eigenvalue weighted by atomic mass is 19.4. The van der Waals surface area contributed by atoms with Gasteiger partial charge in [-0.05, 0) is 72.6 Å². The second-order valence-electron chi connectivity index (χ2n) is 10.2. The van der Waals surface area contributed by atoms with Crippen LogP contribution in [0.4, 0.5) is 30.7 Å². The molecule has 2 atom stereocenters. The SMILES string of the molecule is CC1CCC[C@@H](c2ccc(F)cc2)C1.CN(C)C1=CC(=O)CC1.O=NCc1cc(C(F)(F)F)cc(C(F)(F)F)c1. The summed E-state index contributed by atoms with van der Waals surface area (Å²) in [5, 5.41) is 2.27. The van der Waals surface area contributed by atoms with Crippen molar-refractivity contribution in [2.75, 3.05) is 14.1 Å². The largest absolute Gasteiger partial charge is 0.416 e. The van der Waals surface area contributed by atoms with Gasteiger partial charge in [0.1, 0.15) is 12.4 Å². The first-order chi connectivity index (χ1) is 18.6. The Morgan fingerprint density at radius 1 is 0.900 bits per heavy atom. The molecular formula is C29H33F7N2O2. The van der Waals surface area contributed by atoms with Crippen molar-refractivity contribution >= 4 is 5.78 Å². The van der Waals surface area contributed by atoms with Gasteiger partial charge in [-0.15, -0.1) is 0 Å². The Bertz CT molecular complexity index is 1120. The van der Waals surface area contributed by atoms with E-state index >= 15 is 0 Å². The molecule has 2 aliphatic carbocycles. The first-order valence-corrected chi connectivity index (χ1v) is 12.8. The molecule has 4 rings (SSSR count). The van der Waals surface area contributed by atoms with Gasteiger partial charge in [-0.2, -0.15) is 31.2 Å². The molecule has 4 nitrogen and oxygen atoms in total. The Morgan fingerprint density at radius 3 is 1.88 bits per heavy atom. The van der Waals surface area contributed by atoms with Crippen LogP contribution in [-0.4, -0.2) is 24.8 Å². The summed E-state index contributed by atoms with van der Waals surface area (Å²) >= 11 is 0. The number of rotatable bonds is 4. The molecule has 2 aromatic rings. The molecule has 0 aromatic heterocycles. The first-order valence-electron chi connectivity index (χ1n) is 12.8. The molecule has 2 aromatic carbocycles. The van der Waals surface area contributed by atoms with E-state index in [0.29, 0.717) is 24.5 Å². The lowest BCUT2D eigenvalue weighted by Crippen LogP contribution is -2.11. The maximum atomic E-state index is 12.7. The summed E-state index contributed by atoms with van der Waals surface area (Å²) in [6.45, 7) is 1.57. The van der Waals surface area contributed by atoms with Crippen molar-refractivity contribution in [1.29, 1.82) is 0 Å². The molecule has 1 fully saturated rings. The molecule has 0 saturated heterocycles. The Hall–Kier alpha value is -3.24. The number of carbonyl (C=O) groups excluding carboxylic acids is 1. The van der Waals surface area contributed by atoms with Gasteiger partial charge in [0, 0.05) is 32.3 Å². The highest BCUT2D eigenvalue weighted by Crippen LogP contribution is 2.37.